The van der Waals surface area contributed by atoms with E-state index in [0.717, 1.165) is 5.56 Å². The molecule has 4 rings (SSSR count). The summed E-state index contributed by atoms with van der Waals surface area (Å²) in [6, 6.07) is 13.4. The third-order valence-corrected chi connectivity index (χ3v) is 7.86. The molecule has 0 heterocycles. The van der Waals surface area contributed by atoms with E-state index in [1.807, 2.05) is 19.1 Å². The van der Waals surface area contributed by atoms with Crippen molar-refractivity contribution < 1.29 is 22.6 Å². The van der Waals surface area contributed by atoms with Crippen molar-refractivity contribution in [2.75, 3.05) is 5.32 Å². The number of nitrogens with two attached hydrogens (primary N) is 1. The summed E-state index contributed by atoms with van der Waals surface area (Å²) >= 11 is 3.18. The number of halogens is 1. The summed E-state index contributed by atoms with van der Waals surface area (Å²) in [4.78, 5) is 22.9. The van der Waals surface area contributed by atoms with Crippen LogP contribution in [0, 0.1) is 6.92 Å². The fraction of sp³-hybridized carbons (Fsp3) is 0.143. The fourth-order valence-electron chi connectivity index (χ4n) is 3.66. The summed E-state index contributed by atoms with van der Waals surface area (Å²) in [5.74, 6) is -1.27. The molecular formula is C21H17BrN2O5S. The lowest BCUT2D eigenvalue weighted by Gasteiger charge is -2.39. The Labute approximate surface area is 181 Å². The van der Waals surface area contributed by atoms with E-state index < -0.39 is 37.0 Å². The van der Waals surface area contributed by atoms with Gasteiger partial charge in [0.15, 0.2) is 16.4 Å². The monoisotopic (exact) mass is 488 g/mol. The van der Waals surface area contributed by atoms with Gasteiger partial charge in [0.2, 0.25) is 0 Å². The van der Waals surface area contributed by atoms with Gasteiger partial charge in [0.1, 0.15) is 0 Å². The zero-order chi connectivity index (χ0) is 21.8. The second kappa shape index (κ2) is 6.98. The van der Waals surface area contributed by atoms with Crippen molar-refractivity contribution in [1.82, 2.24) is 0 Å². The Morgan fingerprint density at radius 2 is 1.60 bits per heavy atom. The Morgan fingerprint density at radius 1 is 1.03 bits per heavy atom. The molecule has 2 unspecified atom stereocenters. The van der Waals surface area contributed by atoms with Gasteiger partial charge in [-0.3, -0.25) is 14.1 Å². The number of ketones is 2. The summed E-state index contributed by atoms with van der Waals surface area (Å²) in [5.41, 5.74) is 7.57. The largest absolute Gasteiger partial charge is 0.355 e. The number of rotatable bonds is 3. The summed E-state index contributed by atoms with van der Waals surface area (Å²) in [5, 5.41) is 3.08. The minimum atomic E-state index is -4.98. The van der Waals surface area contributed by atoms with E-state index in [-0.39, 0.29) is 22.4 Å². The minimum absolute atomic E-state index is 0.0380. The van der Waals surface area contributed by atoms with Gasteiger partial charge in [-0.2, -0.15) is 8.42 Å². The molecule has 9 heteroatoms. The van der Waals surface area contributed by atoms with E-state index in [9.17, 15) is 22.6 Å². The number of fused-ring (bicyclic) bond motifs is 1. The smallest absolute Gasteiger partial charge is 0.289 e. The summed E-state index contributed by atoms with van der Waals surface area (Å²) in [6.07, 6.45) is 1.38. The van der Waals surface area contributed by atoms with Crippen molar-refractivity contribution in [3.63, 3.8) is 0 Å². The van der Waals surface area contributed by atoms with Gasteiger partial charge in [0.05, 0.1) is 16.0 Å². The molecule has 4 N–H and O–H groups in total. The highest BCUT2D eigenvalue weighted by atomic mass is 79.9. The zero-order valence-electron chi connectivity index (χ0n) is 15.7. The summed E-state index contributed by atoms with van der Waals surface area (Å²) in [6.45, 7) is 1.92. The molecule has 0 saturated heterocycles. The predicted octanol–water partition coefficient (Wildman–Crippen LogP) is 2.99. The molecule has 2 aliphatic rings. The average Bonchev–Trinajstić information content (AvgIpc) is 2.69. The maximum atomic E-state index is 13.3. The van der Waals surface area contributed by atoms with Crippen LogP contribution in [-0.4, -0.2) is 34.2 Å². The molecule has 0 amide bonds. The van der Waals surface area contributed by atoms with Gasteiger partial charge in [-0.05, 0) is 25.1 Å². The van der Waals surface area contributed by atoms with Crippen LogP contribution >= 0.6 is 15.9 Å². The molecule has 0 radical (unpaired) electrons. The van der Waals surface area contributed by atoms with Gasteiger partial charge in [0, 0.05) is 22.5 Å². The minimum Gasteiger partial charge on any atom is -0.355 e. The van der Waals surface area contributed by atoms with Crippen molar-refractivity contribution in [3.8, 4) is 0 Å². The lowest BCUT2D eigenvalue weighted by atomic mass is 9.76. The molecule has 0 bridgehead atoms. The first kappa shape index (κ1) is 20.7. The van der Waals surface area contributed by atoms with Gasteiger partial charge in [-0.1, -0.05) is 57.9 Å². The second-order valence-corrected chi connectivity index (χ2v) is 9.81. The molecule has 2 aromatic carbocycles. The van der Waals surface area contributed by atoms with Crippen LogP contribution in [0.1, 0.15) is 26.3 Å². The molecule has 7 nitrogen and oxygen atoms in total. The molecule has 2 atom stereocenters. The molecule has 0 saturated carbocycles. The van der Waals surface area contributed by atoms with Crippen LogP contribution in [-0.2, 0) is 10.1 Å². The van der Waals surface area contributed by atoms with Gasteiger partial charge in [0.25, 0.3) is 10.1 Å². The standard InChI is InChI=1S/C21H17BrN2O5S/c1-11-6-8-12(9-7-11)24-15-10-16(22)21(23,30(27,28)29)18-17(15)19(25)13-4-2-3-5-14(13)20(18)26/h2-10,16,24H,23H2,1H3,(H,27,28,29). The van der Waals surface area contributed by atoms with Gasteiger partial charge in [-0.15, -0.1) is 0 Å². The Hall–Kier alpha value is -2.59. The van der Waals surface area contributed by atoms with Gasteiger partial charge in [-0.25, -0.2) is 0 Å². The molecule has 0 aromatic heterocycles. The number of hydrogen-bond acceptors (Lipinski definition) is 6. The molecule has 2 aliphatic carbocycles. The van der Waals surface area contributed by atoms with Crippen LogP contribution in [0.25, 0.3) is 0 Å². The number of allylic oxidation sites excluding steroid dienone is 1. The maximum Gasteiger partial charge on any atom is 0.289 e. The van der Waals surface area contributed by atoms with Gasteiger partial charge < -0.3 is 11.1 Å². The van der Waals surface area contributed by atoms with E-state index in [1.54, 1.807) is 24.3 Å². The van der Waals surface area contributed by atoms with E-state index in [0.29, 0.717) is 5.69 Å². The number of anilines is 1. The first-order chi connectivity index (χ1) is 14.1. The SMILES string of the molecule is Cc1ccc(NC2=CC(Br)C(N)(S(=O)(=O)O)C3=C2C(=O)c2ccccc2C3=O)cc1. The first-order valence-corrected chi connectivity index (χ1v) is 11.3. The van der Waals surface area contributed by atoms with E-state index >= 15 is 0 Å². The number of hydrogen-bond donors (Lipinski definition) is 3. The third-order valence-electron chi connectivity index (χ3n) is 5.26. The molecular weight excluding hydrogens is 472 g/mol. The van der Waals surface area contributed by atoms with Crippen LogP contribution in [0.4, 0.5) is 5.69 Å². The van der Waals surface area contributed by atoms with Crippen molar-refractivity contribution in [2.45, 2.75) is 16.6 Å². The molecule has 0 spiro atoms. The van der Waals surface area contributed by atoms with Crippen LogP contribution < -0.4 is 11.1 Å². The van der Waals surface area contributed by atoms with E-state index in [4.69, 9.17) is 5.73 Å². The lowest BCUT2D eigenvalue weighted by molar-refractivity contribution is 0.0967. The summed E-state index contributed by atoms with van der Waals surface area (Å²) < 4.78 is 34.5. The fourth-order valence-corrected chi connectivity index (χ4v) is 5.67. The van der Waals surface area contributed by atoms with Crippen molar-refractivity contribution >= 4 is 43.3 Å². The molecule has 2 aromatic rings. The van der Waals surface area contributed by atoms with Crippen LogP contribution in [0.15, 0.2) is 71.5 Å². The predicted molar refractivity (Wildman–Crippen MR) is 116 cm³/mol. The Bertz CT molecular complexity index is 1260. The zero-order valence-corrected chi connectivity index (χ0v) is 18.1. The Balaban J connectivity index is 1.97. The van der Waals surface area contributed by atoms with Gasteiger partial charge >= 0.3 is 0 Å². The number of carbonyl (C=O) groups is 2. The average molecular weight is 489 g/mol. The van der Waals surface area contributed by atoms with Crippen LogP contribution in [0.2, 0.25) is 0 Å². The van der Waals surface area contributed by atoms with E-state index in [1.165, 1.54) is 18.2 Å². The molecule has 30 heavy (non-hydrogen) atoms. The van der Waals surface area contributed by atoms with E-state index in [2.05, 4.69) is 21.2 Å². The Kier molecular flexibility index (Phi) is 4.81. The first-order valence-electron chi connectivity index (χ1n) is 8.94. The number of Topliss-reactive ketones (excluding diaryl/α,β-unsaturated/α-hetero) is 2. The third kappa shape index (κ3) is 2.97. The molecule has 154 valence electrons. The number of nitrogens with one attached hydrogen (secondary N) is 1. The van der Waals surface area contributed by atoms with Crippen LogP contribution in [0.5, 0.6) is 0 Å². The van der Waals surface area contributed by atoms with Crippen molar-refractivity contribution in [2.24, 2.45) is 5.73 Å². The van der Waals surface area contributed by atoms with Crippen molar-refractivity contribution in [3.05, 3.63) is 88.1 Å². The lowest BCUT2D eigenvalue weighted by Crippen LogP contribution is -2.60. The van der Waals surface area contributed by atoms with Crippen LogP contribution in [0.3, 0.4) is 0 Å². The summed E-state index contributed by atoms with van der Waals surface area (Å²) in [7, 11) is -4.98. The second-order valence-electron chi connectivity index (χ2n) is 7.20. The Morgan fingerprint density at radius 3 is 2.17 bits per heavy atom. The number of benzene rings is 2. The molecule has 0 fully saturated rings. The number of alkyl halides is 1. The number of aryl methyl sites for hydroxylation is 1. The normalized spacial score (nSPS) is 23.6. The highest BCUT2D eigenvalue weighted by molar-refractivity contribution is 9.09. The maximum absolute atomic E-state index is 13.3. The number of carbonyl (C=O) groups excluding carboxylic acids is 2. The topological polar surface area (TPSA) is 127 Å². The highest BCUT2D eigenvalue weighted by Crippen LogP contribution is 2.44. The highest BCUT2D eigenvalue weighted by Gasteiger charge is 2.56. The van der Waals surface area contributed by atoms with Crippen molar-refractivity contribution in [1.29, 1.82) is 0 Å². The quantitative estimate of drug-likeness (QED) is 0.447. The molecule has 0 aliphatic heterocycles.